The molecule has 0 heterocycles. The summed E-state index contributed by atoms with van der Waals surface area (Å²) in [4.78, 5) is 3.16. The molecule has 20 heavy (non-hydrogen) atoms. The molecule has 0 fully saturated rings. The summed E-state index contributed by atoms with van der Waals surface area (Å²) < 4.78 is 5.69. The summed E-state index contributed by atoms with van der Waals surface area (Å²) in [7, 11) is 4.13. The molecular weight excluding hydrogens is 270 g/mol. The molecule has 0 unspecified atom stereocenters. The molecule has 1 aromatic carbocycles. The topological polar surface area (TPSA) is 64.5 Å². The number of hydrogen-bond donors (Lipinski definition) is 2. The van der Waals surface area contributed by atoms with Crippen molar-refractivity contribution in [2.75, 3.05) is 33.8 Å². The van der Waals surface area contributed by atoms with Crippen LogP contribution in [-0.4, -0.2) is 38.7 Å². The van der Waals surface area contributed by atoms with Crippen molar-refractivity contribution >= 4 is 11.8 Å². The number of thioether (sulfide) groups is 1. The Morgan fingerprint density at radius 1 is 1.30 bits per heavy atom. The summed E-state index contributed by atoms with van der Waals surface area (Å²) in [6.45, 7) is 2.29. The lowest BCUT2D eigenvalue weighted by molar-refractivity contribution is 0.281. The fourth-order valence-corrected chi connectivity index (χ4v) is 2.36. The summed E-state index contributed by atoms with van der Waals surface area (Å²) in [5.41, 5.74) is 12.3. The number of nitrogens with two attached hydrogens (primary N) is 2. The van der Waals surface area contributed by atoms with Crippen molar-refractivity contribution in [1.82, 2.24) is 4.90 Å². The first-order valence-electron chi connectivity index (χ1n) is 6.75. The standard InChI is InChI=1S/C15H25N3OS/c1-18(2)8-3-9-19-14-6-4-13(5-7-14)12-20-15(10-16)11-17/h4-7,10H,3,8-9,11-12,16-17H2,1-2H3/b15-10-. The molecule has 0 amide bonds. The number of ether oxygens (including phenoxy) is 1. The number of benzene rings is 1. The quantitative estimate of drug-likeness (QED) is 0.682. The molecule has 0 aromatic heterocycles. The predicted octanol–water partition coefficient (Wildman–Crippen LogP) is 2.01. The van der Waals surface area contributed by atoms with Crippen molar-refractivity contribution in [2.24, 2.45) is 11.5 Å². The summed E-state index contributed by atoms with van der Waals surface area (Å²) >= 11 is 1.67. The van der Waals surface area contributed by atoms with Gasteiger partial charge in [0.1, 0.15) is 5.75 Å². The third-order valence-corrected chi connectivity index (χ3v) is 3.90. The fourth-order valence-electron chi connectivity index (χ4n) is 1.60. The van der Waals surface area contributed by atoms with E-state index in [1.807, 2.05) is 12.1 Å². The Bertz CT molecular complexity index is 404. The first-order chi connectivity index (χ1) is 9.65. The molecule has 0 aliphatic heterocycles. The Labute approximate surface area is 126 Å². The lowest BCUT2D eigenvalue weighted by Gasteiger charge is -2.10. The maximum Gasteiger partial charge on any atom is 0.119 e. The zero-order valence-electron chi connectivity index (χ0n) is 12.3. The second-order valence-electron chi connectivity index (χ2n) is 4.78. The van der Waals surface area contributed by atoms with E-state index in [-0.39, 0.29) is 0 Å². The predicted molar refractivity (Wildman–Crippen MR) is 87.7 cm³/mol. The van der Waals surface area contributed by atoms with Gasteiger partial charge in [0.05, 0.1) is 6.61 Å². The Morgan fingerprint density at radius 3 is 2.55 bits per heavy atom. The number of hydrogen-bond acceptors (Lipinski definition) is 5. The van der Waals surface area contributed by atoms with Gasteiger partial charge in [0.25, 0.3) is 0 Å². The minimum atomic E-state index is 0.494. The van der Waals surface area contributed by atoms with Crippen LogP contribution in [0.25, 0.3) is 0 Å². The van der Waals surface area contributed by atoms with Gasteiger partial charge in [0.15, 0.2) is 0 Å². The zero-order chi connectivity index (χ0) is 14.8. The molecule has 0 atom stereocenters. The first kappa shape index (κ1) is 16.9. The maximum atomic E-state index is 5.69. The number of rotatable bonds is 9. The minimum absolute atomic E-state index is 0.494. The second kappa shape index (κ2) is 9.69. The van der Waals surface area contributed by atoms with Crippen molar-refractivity contribution in [3.63, 3.8) is 0 Å². The molecule has 4 nitrogen and oxygen atoms in total. The summed E-state index contributed by atoms with van der Waals surface area (Å²) in [6, 6.07) is 8.19. The van der Waals surface area contributed by atoms with Gasteiger partial charge in [-0.15, -0.1) is 11.8 Å². The third kappa shape index (κ3) is 6.84. The molecule has 0 saturated carbocycles. The first-order valence-corrected chi connectivity index (χ1v) is 7.74. The van der Waals surface area contributed by atoms with E-state index in [4.69, 9.17) is 16.2 Å². The molecule has 0 saturated heterocycles. The molecule has 112 valence electrons. The summed E-state index contributed by atoms with van der Waals surface area (Å²) in [5.74, 6) is 1.80. The molecule has 0 radical (unpaired) electrons. The van der Waals surface area contributed by atoms with Crippen LogP contribution >= 0.6 is 11.8 Å². The Hall–Kier alpha value is -1.17. The zero-order valence-corrected chi connectivity index (χ0v) is 13.2. The summed E-state index contributed by atoms with van der Waals surface area (Å²) in [6.07, 6.45) is 2.61. The van der Waals surface area contributed by atoms with Crippen LogP contribution < -0.4 is 16.2 Å². The second-order valence-corrected chi connectivity index (χ2v) is 5.88. The van der Waals surface area contributed by atoms with Crippen LogP contribution in [0, 0.1) is 0 Å². The highest BCUT2D eigenvalue weighted by atomic mass is 32.2. The Kier molecular flexibility index (Phi) is 8.18. The Morgan fingerprint density at radius 2 is 2.00 bits per heavy atom. The van der Waals surface area contributed by atoms with Crippen molar-refractivity contribution < 1.29 is 4.74 Å². The van der Waals surface area contributed by atoms with Gasteiger partial charge in [-0.1, -0.05) is 12.1 Å². The minimum Gasteiger partial charge on any atom is -0.494 e. The molecule has 0 aliphatic carbocycles. The highest BCUT2D eigenvalue weighted by Crippen LogP contribution is 2.21. The largest absolute Gasteiger partial charge is 0.494 e. The van der Waals surface area contributed by atoms with Gasteiger partial charge in [-0.05, 0) is 38.2 Å². The van der Waals surface area contributed by atoms with Gasteiger partial charge < -0.3 is 21.1 Å². The lowest BCUT2D eigenvalue weighted by atomic mass is 10.2. The van der Waals surface area contributed by atoms with E-state index >= 15 is 0 Å². The fraction of sp³-hybridized carbons (Fsp3) is 0.467. The monoisotopic (exact) mass is 295 g/mol. The number of nitrogens with zero attached hydrogens (tertiary/aromatic N) is 1. The van der Waals surface area contributed by atoms with E-state index in [0.717, 1.165) is 36.0 Å². The van der Waals surface area contributed by atoms with Crippen molar-refractivity contribution in [3.8, 4) is 5.75 Å². The van der Waals surface area contributed by atoms with Crippen LogP contribution in [0.15, 0.2) is 35.4 Å². The van der Waals surface area contributed by atoms with Gasteiger partial charge >= 0.3 is 0 Å². The highest BCUT2D eigenvalue weighted by molar-refractivity contribution is 8.02. The molecule has 0 aliphatic rings. The van der Waals surface area contributed by atoms with Crippen molar-refractivity contribution in [2.45, 2.75) is 12.2 Å². The van der Waals surface area contributed by atoms with Gasteiger partial charge in [-0.25, -0.2) is 0 Å². The van der Waals surface area contributed by atoms with Crippen LogP contribution in [0.1, 0.15) is 12.0 Å². The van der Waals surface area contributed by atoms with Crippen LogP contribution in [0.3, 0.4) is 0 Å². The van der Waals surface area contributed by atoms with Crippen molar-refractivity contribution in [1.29, 1.82) is 0 Å². The lowest BCUT2D eigenvalue weighted by Crippen LogP contribution is -2.15. The maximum absolute atomic E-state index is 5.69. The average Bonchev–Trinajstić information content (AvgIpc) is 2.46. The van der Waals surface area contributed by atoms with Gasteiger partial charge in [-0.2, -0.15) is 0 Å². The molecule has 0 bridgehead atoms. The molecule has 0 spiro atoms. The van der Waals surface area contributed by atoms with E-state index in [9.17, 15) is 0 Å². The van der Waals surface area contributed by atoms with Crippen LogP contribution in [0.5, 0.6) is 5.75 Å². The molecule has 1 rings (SSSR count). The summed E-state index contributed by atoms with van der Waals surface area (Å²) in [5, 5.41) is 0. The molecule has 4 N–H and O–H groups in total. The Balaban J connectivity index is 2.33. The SMILES string of the molecule is CN(C)CCCOc1ccc(CS/C(=C\N)CN)cc1. The van der Waals surface area contributed by atoms with Gasteiger partial charge in [0, 0.05) is 29.9 Å². The highest BCUT2D eigenvalue weighted by Gasteiger charge is 1.99. The van der Waals surface area contributed by atoms with E-state index in [0.29, 0.717) is 6.54 Å². The van der Waals surface area contributed by atoms with Gasteiger partial charge in [0.2, 0.25) is 0 Å². The smallest absolute Gasteiger partial charge is 0.119 e. The normalized spacial score (nSPS) is 11.9. The molecular formula is C15H25N3OS. The van der Waals surface area contributed by atoms with Gasteiger partial charge in [-0.3, -0.25) is 0 Å². The average molecular weight is 295 g/mol. The van der Waals surface area contributed by atoms with Crippen LogP contribution in [0.2, 0.25) is 0 Å². The van der Waals surface area contributed by atoms with Crippen LogP contribution in [-0.2, 0) is 5.75 Å². The molecule has 1 aromatic rings. The molecule has 5 heteroatoms. The third-order valence-electron chi connectivity index (χ3n) is 2.75. The van der Waals surface area contributed by atoms with E-state index in [2.05, 4.69) is 31.1 Å². The van der Waals surface area contributed by atoms with E-state index in [1.165, 1.54) is 5.56 Å². The van der Waals surface area contributed by atoms with Crippen LogP contribution in [0.4, 0.5) is 0 Å². The van der Waals surface area contributed by atoms with E-state index in [1.54, 1.807) is 18.0 Å². The van der Waals surface area contributed by atoms with E-state index < -0.39 is 0 Å². The van der Waals surface area contributed by atoms with Crippen molar-refractivity contribution in [3.05, 3.63) is 40.9 Å².